The molecule has 0 rings (SSSR count). The third-order valence-electron chi connectivity index (χ3n) is 21.9. The van der Waals surface area contributed by atoms with Crippen LogP contribution < -0.4 is 0 Å². The van der Waals surface area contributed by atoms with Gasteiger partial charge in [-0.3, -0.25) is 24.0 Å². The SMILES string of the molecule is CCCCCCCC/C=C\CCCCCCCCC(CCCCCCCC/C=C\CCCCCCCC)(C(=O)O)C(CCCCCCCC/C=C\CCCCCCCC)(C(=O)O)C(CCCCCCCC/C=C\CCCCCCCC)(C(=O)O)C(COC(=O)CCCCCCC)C(=O)O. The summed E-state index contributed by atoms with van der Waals surface area (Å²) in [5.41, 5.74) is -7.39. The number of ether oxygens (including phenoxy) is 1. The van der Waals surface area contributed by atoms with Crippen molar-refractivity contribution >= 4 is 29.8 Å². The van der Waals surface area contributed by atoms with Gasteiger partial charge in [-0.1, -0.05) is 366 Å². The van der Waals surface area contributed by atoms with E-state index in [9.17, 15) is 30.0 Å². The van der Waals surface area contributed by atoms with Crippen LogP contribution in [0.2, 0.25) is 0 Å². The predicted octanol–water partition coefficient (Wildman–Crippen LogP) is 28.5. The van der Waals surface area contributed by atoms with E-state index in [1.165, 1.54) is 154 Å². The van der Waals surface area contributed by atoms with Crippen molar-refractivity contribution in [3.63, 3.8) is 0 Å². The highest BCUT2D eigenvalue weighted by atomic mass is 16.5. The number of carbonyl (C=O) groups is 5. The summed E-state index contributed by atoms with van der Waals surface area (Å²) in [6.07, 6.45) is 79.5. The molecule has 0 bridgehead atoms. The smallest absolute Gasteiger partial charge is 0.312 e. The van der Waals surface area contributed by atoms with Gasteiger partial charge in [0.2, 0.25) is 0 Å². The summed E-state index contributed by atoms with van der Waals surface area (Å²) in [5, 5.41) is 48.9. The normalized spacial score (nSPS) is 13.7. The van der Waals surface area contributed by atoms with Gasteiger partial charge >= 0.3 is 29.8 Å². The summed E-state index contributed by atoms with van der Waals surface area (Å²) in [7, 11) is 0. The Morgan fingerprint density at radius 1 is 0.273 bits per heavy atom. The molecule has 10 nitrogen and oxygen atoms in total. The number of aliphatic carboxylic acids is 4. The molecular formula is C89H162O10. The highest BCUT2D eigenvalue weighted by Gasteiger charge is 2.75. The Balaban J connectivity index is 7.48. The highest BCUT2D eigenvalue weighted by molar-refractivity contribution is 5.96. The molecule has 0 spiro atoms. The van der Waals surface area contributed by atoms with Crippen molar-refractivity contribution in [1.82, 2.24) is 0 Å². The number of unbranched alkanes of at least 4 members (excludes halogenated alkanes) is 52. The summed E-state index contributed by atoms with van der Waals surface area (Å²) in [5.74, 6) is -8.76. The molecule has 0 aliphatic heterocycles. The standard InChI is InChI=1S/C89H162O10/c1-6-11-16-21-25-29-33-37-41-45-49-53-57-61-66-71-76-87(84(93)94,77-72-67-62-58-54-50-46-42-38-34-30-26-22-17-12-7-2)89(86(97)98,79-74-69-64-60-56-52-48-44-40-36-32-28-24-19-14-9-4)88(85(95)96,81(83(91)92)80-99-82(90)75-70-65-20-15-10-5)78-73-68-63-59-55-51-47-43-39-35-31-27-23-18-13-8-3/h37-44,81H,6-36,45-80H2,1-5H3,(H,91,92)(H,93,94)(H,95,96)(H,97,98)/b41-37-,42-38-,43-39-,44-40-. The van der Waals surface area contributed by atoms with Crippen molar-refractivity contribution in [2.45, 2.75) is 458 Å². The Kier molecular flexibility index (Phi) is 67.4. The van der Waals surface area contributed by atoms with Crippen LogP contribution in [0.4, 0.5) is 0 Å². The fourth-order valence-corrected chi connectivity index (χ4v) is 15.6. The van der Waals surface area contributed by atoms with Crippen LogP contribution in [0.3, 0.4) is 0 Å². The quantitative estimate of drug-likeness (QED) is 0.0261. The monoisotopic (exact) mass is 1390 g/mol. The van der Waals surface area contributed by atoms with Crippen LogP contribution in [-0.4, -0.2) is 56.9 Å². The van der Waals surface area contributed by atoms with Gasteiger partial charge in [0.1, 0.15) is 23.4 Å². The molecule has 0 aliphatic carbocycles. The zero-order chi connectivity index (χ0) is 72.7. The summed E-state index contributed by atoms with van der Waals surface area (Å²) >= 11 is 0. The summed E-state index contributed by atoms with van der Waals surface area (Å²) < 4.78 is 5.89. The Labute approximate surface area is 611 Å². The van der Waals surface area contributed by atoms with Crippen molar-refractivity contribution in [3.05, 3.63) is 48.6 Å². The minimum Gasteiger partial charge on any atom is -0.481 e. The van der Waals surface area contributed by atoms with Gasteiger partial charge in [-0.2, -0.15) is 0 Å². The number of carboxylic acid groups (broad SMARTS) is 4. The molecule has 578 valence electrons. The molecule has 3 atom stereocenters. The van der Waals surface area contributed by atoms with Crippen LogP contribution >= 0.6 is 0 Å². The van der Waals surface area contributed by atoms with Crippen LogP contribution in [0.15, 0.2) is 48.6 Å². The molecule has 4 N–H and O–H groups in total. The van der Waals surface area contributed by atoms with Crippen LogP contribution in [0.5, 0.6) is 0 Å². The number of carbonyl (C=O) groups excluding carboxylic acids is 1. The van der Waals surface area contributed by atoms with Crippen molar-refractivity contribution < 1.29 is 49.1 Å². The average Bonchev–Trinajstić information content (AvgIpc) is 0.695. The minimum absolute atomic E-state index is 0.0234. The van der Waals surface area contributed by atoms with Crippen molar-refractivity contribution in [1.29, 1.82) is 0 Å². The molecule has 0 heterocycles. The van der Waals surface area contributed by atoms with E-state index in [0.29, 0.717) is 44.9 Å². The van der Waals surface area contributed by atoms with Crippen molar-refractivity contribution in [2.24, 2.45) is 22.2 Å². The molecule has 0 aromatic heterocycles. The van der Waals surface area contributed by atoms with Crippen LogP contribution in [0.1, 0.15) is 458 Å². The molecule has 3 unspecified atom stereocenters. The maximum Gasteiger partial charge on any atom is 0.312 e. The number of carboxylic acids is 4. The first kappa shape index (κ1) is 95.3. The first-order valence-electron chi connectivity index (χ1n) is 43.0. The van der Waals surface area contributed by atoms with E-state index < -0.39 is 58.6 Å². The van der Waals surface area contributed by atoms with E-state index in [-0.39, 0.29) is 44.9 Å². The van der Waals surface area contributed by atoms with Crippen LogP contribution in [0.25, 0.3) is 0 Å². The van der Waals surface area contributed by atoms with Crippen molar-refractivity contribution in [2.75, 3.05) is 6.61 Å². The maximum atomic E-state index is 15.5. The predicted molar refractivity (Wildman–Crippen MR) is 422 cm³/mol. The summed E-state index contributed by atoms with van der Waals surface area (Å²) in [4.78, 5) is 74.0. The number of allylic oxidation sites excluding steroid dienone is 8. The number of esters is 1. The molecule has 99 heavy (non-hydrogen) atoms. The van der Waals surface area contributed by atoms with Crippen LogP contribution in [0, 0.1) is 22.2 Å². The molecule has 0 fully saturated rings. The Bertz CT molecular complexity index is 1950. The van der Waals surface area contributed by atoms with Crippen molar-refractivity contribution in [3.8, 4) is 0 Å². The molecule has 0 aliphatic rings. The number of hydrogen-bond acceptors (Lipinski definition) is 6. The lowest BCUT2D eigenvalue weighted by Crippen LogP contribution is -2.68. The largest absolute Gasteiger partial charge is 0.481 e. The Morgan fingerprint density at radius 2 is 0.505 bits per heavy atom. The van der Waals surface area contributed by atoms with Gasteiger partial charge in [-0.15, -0.1) is 0 Å². The maximum absolute atomic E-state index is 15.5. The highest BCUT2D eigenvalue weighted by Crippen LogP contribution is 2.65. The molecule has 0 saturated heterocycles. The Hall–Kier alpha value is -3.69. The van der Waals surface area contributed by atoms with E-state index in [2.05, 4.69) is 83.2 Å². The van der Waals surface area contributed by atoms with Gasteiger partial charge in [-0.05, 0) is 135 Å². The van der Waals surface area contributed by atoms with Gasteiger partial charge in [0, 0.05) is 6.42 Å². The molecule has 0 radical (unpaired) electrons. The van der Waals surface area contributed by atoms with Gasteiger partial charge < -0.3 is 25.2 Å². The van der Waals surface area contributed by atoms with Gasteiger partial charge in [0.05, 0.1) is 5.41 Å². The third kappa shape index (κ3) is 47.3. The fourth-order valence-electron chi connectivity index (χ4n) is 15.6. The second-order valence-electron chi connectivity index (χ2n) is 30.4. The van der Waals surface area contributed by atoms with Crippen LogP contribution in [-0.2, 0) is 28.7 Å². The van der Waals surface area contributed by atoms with E-state index in [1.54, 1.807) is 0 Å². The minimum atomic E-state index is -2.65. The number of rotatable bonds is 79. The Morgan fingerprint density at radius 3 is 0.747 bits per heavy atom. The molecular weight excluding hydrogens is 1230 g/mol. The van der Waals surface area contributed by atoms with Gasteiger partial charge in [-0.25, -0.2) is 0 Å². The number of hydrogen-bond donors (Lipinski definition) is 4. The summed E-state index contributed by atoms with van der Waals surface area (Å²) in [6, 6.07) is 0. The zero-order valence-corrected chi connectivity index (χ0v) is 65.8. The summed E-state index contributed by atoms with van der Waals surface area (Å²) in [6.45, 7) is 10.2. The second kappa shape index (κ2) is 70.0. The fraction of sp³-hybridized carbons (Fsp3) is 0.854. The van der Waals surface area contributed by atoms with E-state index >= 15 is 14.4 Å². The first-order valence-corrected chi connectivity index (χ1v) is 43.0. The topological polar surface area (TPSA) is 175 Å². The lowest BCUT2D eigenvalue weighted by molar-refractivity contribution is -0.218. The first-order chi connectivity index (χ1) is 48.4. The molecule has 0 amide bonds. The molecule has 10 heteroatoms. The van der Waals surface area contributed by atoms with E-state index in [1.807, 2.05) is 0 Å². The van der Waals surface area contributed by atoms with E-state index in [4.69, 9.17) is 4.74 Å². The second-order valence-corrected chi connectivity index (χ2v) is 30.4. The molecule has 0 saturated carbocycles. The lowest BCUT2D eigenvalue weighted by Gasteiger charge is -2.56. The molecule has 0 aromatic rings. The van der Waals surface area contributed by atoms with Gasteiger partial charge in [0.15, 0.2) is 0 Å². The zero-order valence-electron chi connectivity index (χ0n) is 65.8. The average molecular weight is 1390 g/mol. The lowest BCUT2D eigenvalue weighted by atomic mass is 9.42. The third-order valence-corrected chi connectivity index (χ3v) is 21.9. The van der Waals surface area contributed by atoms with E-state index in [0.717, 1.165) is 180 Å². The molecule has 0 aromatic carbocycles. The van der Waals surface area contributed by atoms with Gasteiger partial charge in [0.25, 0.3) is 0 Å².